The average molecular weight is 343 g/mol. The number of hydrogen-bond acceptors (Lipinski definition) is 0. The zero-order valence-corrected chi connectivity index (χ0v) is 17.3. The molecule has 0 heteroatoms. The summed E-state index contributed by atoms with van der Waals surface area (Å²) in [5.41, 5.74) is 0.386. The molecule has 25 heavy (non-hydrogen) atoms. The third-order valence-electron chi connectivity index (χ3n) is 8.07. The Morgan fingerprint density at radius 1 is 0.680 bits per heavy atom. The van der Waals surface area contributed by atoms with E-state index >= 15 is 0 Å². The summed E-state index contributed by atoms with van der Waals surface area (Å²) in [6.45, 7) is 6.95. The third-order valence-corrected chi connectivity index (χ3v) is 8.07. The highest BCUT2D eigenvalue weighted by atomic mass is 14.4. The first-order valence-electron chi connectivity index (χ1n) is 11.5. The van der Waals surface area contributed by atoms with Gasteiger partial charge < -0.3 is 0 Å². The van der Waals surface area contributed by atoms with Crippen LogP contribution >= 0.6 is 0 Å². The zero-order valence-electron chi connectivity index (χ0n) is 17.3. The van der Waals surface area contributed by atoms with Crippen molar-refractivity contribution in [2.75, 3.05) is 0 Å². The van der Waals surface area contributed by atoms with Crippen LogP contribution in [-0.2, 0) is 0 Å². The van der Waals surface area contributed by atoms with Crippen molar-refractivity contribution in [1.29, 1.82) is 0 Å². The first-order valence-corrected chi connectivity index (χ1v) is 11.5. The Hall–Kier alpha value is -0.440. The van der Waals surface area contributed by atoms with Crippen LogP contribution in [0.5, 0.6) is 0 Å². The molecule has 3 aliphatic carbocycles. The lowest BCUT2D eigenvalue weighted by atomic mass is 9.63. The van der Waals surface area contributed by atoms with Crippen molar-refractivity contribution in [3.05, 3.63) is 0 Å². The molecule has 0 aromatic carbocycles. The van der Waals surface area contributed by atoms with Gasteiger partial charge in [0.15, 0.2) is 0 Å². The molecule has 0 radical (unpaired) electrons. The maximum atomic E-state index is 3.74. The van der Waals surface area contributed by atoms with Crippen molar-refractivity contribution in [1.82, 2.24) is 0 Å². The smallest absolute Gasteiger partial charge is 0.0317 e. The minimum Gasteiger partial charge on any atom is -0.106 e. The largest absolute Gasteiger partial charge is 0.106 e. The van der Waals surface area contributed by atoms with Crippen molar-refractivity contribution in [3.63, 3.8) is 0 Å². The number of hydrogen-bond donors (Lipinski definition) is 0. The van der Waals surface area contributed by atoms with E-state index in [0.29, 0.717) is 5.41 Å². The van der Waals surface area contributed by atoms with E-state index in [4.69, 9.17) is 0 Å². The summed E-state index contributed by atoms with van der Waals surface area (Å²) >= 11 is 0. The molecule has 142 valence electrons. The van der Waals surface area contributed by atoms with E-state index in [1.54, 1.807) is 0 Å². The monoisotopic (exact) mass is 342 g/mol. The number of rotatable bonds is 4. The van der Waals surface area contributed by atoms with Crippen LogP contribution in [0.3, 0.4) is 0 Å². The zero-order chi connectivity index (χ0) is 17.7. The Balaban J connectivity index is 1.49. The van der Waals surface area contributed by atoms with E-state index < -0.39 is 0 Å². The Labute approximate surface area is 157 Å². The standard InChI is InChI=1S/C25H42/c1-4-15-25(19-24-11-7-21(3)8-12-24)16-13-23(14-17-25)18-22-9-5-20(2)6-10-22/h20-24H,5-14,16-19H2,1-3H3. The fourth-order valence-electron chi connectivity index (χ4n) is 6.23. The molecule has 0 aromatic heterocycles. The maximum absolute atomic E-state index is 3.74. The first kappa shape index (κ1) is 19.3. The van der Waals surface area contributed by atoms with Gasteiger partial charge in [-0.2, -0.15) is 0 Å². The van der Waals surface area contributed by atoms with Crippen molar-refractivity contribution in [3.8, 4) is 11.8 Å². The molecule has 3 aliphatic rings. The molecule has 0 heterocycles. The molecule has 3 fully saturated rings. The topological polar surface area (TPSA) is 0 Å². The summed E-state index contributed by atoms with van der Waals surface area (Å²) in [4.78, 5) is 0. The molecule has 0 N–H and O–H groups in total. The van der Waals surface area contributed by atoms with Gasteiger partial charge in [-0.05, 0) is 75.0 Å². The molecule has 0 aliphatic heterocycles. The van der Waals surface area contributed by atoms with Crippen LogP contribution in [0.25, 0.3) is 0 Å². The Bertz CT molecular complexity index is 440. The van der Waals surface area contributed by atoms with Crippen LogP contribution in [0.2, 0.25) is 0 Å². The van der Waals surface area contributed by atoms with Gasteiger partial charge in [-0.15, -0.1) is 5.92 Å². The summed E-state index contributed by atoms with van der Waals surface area (Å²) in [5, 5.41) is 0. The third kappa shape index (κ3) is 5.52. The van der Waals surface area contributed by atoms with Gasteiger partial charge in [-0.25, -0.2) is 0 Å². The van der Waals surface area contributed by atoms with E-state index in [1.807, 2.05) is 0 Å². The van der Waals surface area contributed by atoms with Gasteiger partial charge in [0.25, 0.3) is 0 Å². The van der Waals surface area contributed by atoms with Gasteiger partial charge in [0.1, 0.15) is 0 Å². The predicted molar refractivity (Wildman–Crippen MR) is 109 cm³/mol. The van der Waals surface area contributed by atoms with E-state index in [0.717, 1.165) is 29.6 Å². The normalized spacial score (nSPS) is 42.4. The predicted octanol–water partition coefficient (Wildman–Crippen LogP) is 7.62. The molecule has 0 bridgehead atoms. The molecule has 0 amide bonds. The van der Waals surface area contributed by atoms with Crippen molar-refractivity contribution < 1.29 is 0 Å². The Kier molecular flexibility index (Phi) is 6.93. The molecular formula is C25H42. The Morgan fingerprint density at radius 2 is 1.16 bits per heavy atom. The first-order chi connectivity index (χ1) is 12.1. The second-order valence-corrected chi connectivity index (χ2v) is 10.3. The van der Waals surface area contributed by atoms with E-state index in [1.165, 1.54) is 89.9 Å². The molecule has 0 unspecified atom stereocenters. The summed E-state index contributed by atoms with van der Waals surface area (Å²) < 4.78 is 0. The van der Waals surface area contributed by atoms with Gasteiger partial charge in [0.05, 0.1) is 0 Å². The van der Waals surface area contributed by atoms with E-state index in [9.17, 15) is 0 Å². The van der Waals surface area contributed by atoms with Crippen LogP contribution in [-0.4, -0.2) is 0 Å². The highest BCUT2D eigenvalue weighted by molar-refractivity contribution is 5.12. The Morgan fingerprint density at radius 3 is 1.68 bits per heavy atom. The van der Waals surface area contributed by atoms with Crippen LogP contribution in [0, 0.1) is 46.8 Å². The van der Waals surface area contributed by atoms with Gasteiger partial charge in [-0.1, -0.05) is 71.1 Å². The van der Waals surface area contributed by atoms with Gasteiger partial charge >= 0.3 is 0 Å². The SMILES string of the molecule is CC#CC1(CC2CCC(C)CC2)CCC(CC2CCC(C)CC2)CC1. The highest BCUT2D eigenvalue weighted by Gasteiger charge is 2.37. The van der Waals surface area contributed by atoms with Gasteiger partial charge in [0.2, 0.25) is 0 Å². The second kappa shape index (κ2) is 8.97. The molecule has 3 saturated carbocycles. The lowest BCUT2D eigenvalue weighted by molar-refractivity contribution is 0.128. The minimum absolute atomic E-state index is 0.386. The molecule has 0 nitrogen and oxygen atoms in total. The fourth-order valence-corrected chi connectivity index (χ4v) is 6.23. The quantitative estimate of drug-likeness (QED) is 0.461. The maximum Gasteiger partial charge on any atom is 0.0317 e. The molecule has 0 saturated heterocycles. The highest BCUT2D eigenvalue weighted by Crippen LogP contribution is 2.48. The van der Waals surface area contributed by atoms with Crippen molar-refractivity contribution in [2.45, 2.75) is 111 Å². The lowest BCUT2D eigenvalue weighted by Crippen LogP contribution is -2.31. The van der Waals surface area contributed by atoms with Gasteiger partial charge in [0, 0.05) is 5.41 Å². The fraction of sp³-hybridized carbons (Fsp3) is 0.920. The van der Waals surface area contributed by atoms with Crippen LogP contribution < -0.4 is 0 Å². The summed E-state index contributed by atoms with van der Waals surface area (Å²) in [6.07, 6.45) is 20.5. The minimum atomic E-state index is 0.386. The summed E-state index contributed by atoms with van der Waals surface area (Å²) in [7, 11) is 0. The van der Waals surface area contributed by atoms with Crippen LogP contribution in [0.4, 0.5) is 0 Å². The average Bonchev–Trinajstić information content (AvgIpc) is 2.61. The van der Waals surface area contributed by atoms with Crippen LogP contribution in [0.1, 0.15) is 111 Å². The molecule has 3 rings (SSSR count). The molecular weight excluding hydrogens is 300 g/mol. The van der Waals surface area contributed by atoms with E-state index in [2.05, 4.69) is 32.6 Å². The summed E-state index contributed by atoms with van der Waals surface area (Å²) in [5.74, 6) is 12.1. The molecule has 0 spiro atoms. The van der Waals surface area contributed by atoms with Crippen molar-refractivity contribution >= 4 is 0 Å². The lowest BCUT2D eigenvalue weighted by Gasteiger charge is -2.41. The van der Waals surface area contributed by atoms with Crippen molar-refractivity contribution in [2.24, 2.45) is 35.0 Å². The van der Waals surface area contributed by atoms with Gasteiger partial charge in [-0.3, -0.25) is 0 Å². The van der Waals surface area contributed by atoms with Crippen LogP contribution in [0.15, 0.2) is 0 Å². The molecule has 0 aromatic rings. The van der Waals surface area contributed by atoms with E-state index in [-0.39, 0.29) is 0 Å². The molecule has 0 atom stereocenters. The summed E-state index contributed by atoms with van der Waals surface area (Å²) in [6, 6.07) is 0. The second-order valence-electron chi connectivity index (χ2n) is 10.3.